The van der Waals surface area contributed by atoms with Crippen LogP contribution in [0.3, 0.4) is 0 Å². The molecule has 0 spiro atoms. The molecular weight excluding hydrogens is 731 g/mol. The Labute approximate surface area is 366 Å². The molecule has 0 rings (SSSR count). The quantitative estimate of drug-likeness (QED) is 0.0323. The van der Waals surface area contributed by atoms with Crippen LogP contribution in [0.1, 0.15) is 265 Å². The lowest BCUT2D eigenvalue weighted by molar-refractivity contribution is -0.151. The Hall–Kier alpha value is -1.92. The van der Waals surface area contributed by atoms with Gasteiger partial charge in [-0.15, -0.1) is 0 Å². The van der Waals surface area contributed by atoms with Gasteiger partial charge in [0.05, 0.1) is 25.2 Å². The Morgan fingerprint density at radius 2 is 0.881 bits per heavy atom. The summed E-state index contributed by atoms with van der Waals surface area (Å²) in [5.41, 5.74) is 0. The summed E-state index contributed by atoms with van der Waals surface area (Å²) in [6.45, 7) is 6.41. The van der Waals surface area contributed by atoms with Crippen molar-refractivity contribution < 1.29 is 24.5 Å². The molecule has 6 heteroatoms. The number of rotatable bonds is 46. The lowest BCUT2D eigenvalue weighted by Crippen LogP contribution is -2.46. The Morgan fingerprint density at radius 1 is 0.492 bits per heavy atom. The molecule has 0 bridgehead atoms. The van der Waals surface area contributed by atoms with Crippen LogP contribution in [0.25, 0.3) is 0 Å². The topological polar surface area (TPSA) is 95.9 Å². The van der Waals surface area contributed by atoms with E-state index in [0.717, 1.165) is 77.0 Å². The minimum absolute atomic E-state index is 0.0668. The van der Waals surface area contributed by atoms with E-state index in [1.54, 1.807) is 0 Å². The van der Waals surface area contributed by atoms with Crippen LogP contribution < -0.4 is 5.32 Å². The van der Waals surface area contributed by atoms with Crippen molar-refractivity contribution in [3.63, 3.8) is 0 Å². The van der Waals surface area contributed by atoms with Gasteiger partial charge in [0, 0.05) is 6.42 Å². The molecule has 0 aliphatic heterocycles. The van der Waals surface area contributed by atoms with E-state index in [4.69, 9.17) is 4.74 Å². The summed E-state index contributed by atoms with van der Waals surface area (Å²) >= 11 is 0. The fourth-order valence-electron chi connectivity index (χ4n) is 7.74. The van der Waals surface area contributed by atoms with Crippen LogP contribution in [0.2, 0.25) is 0 Å². The van der Waals surface area contributed by atoms with Gasteiger partial charge in [-0.2, -0.15) is 0 Å². The Bertz CT molecular complexity index is 977. The smallest absolute Gasteiger partial charge is 0.306 e. The minimum atomic E-state index is -0.789. The monoisotopic (exact) mass is 830 g/mol. The zero-order valence-corrected chi connectivity index (χ0v) is 39.4. The molecule has 0 aliphatic rings. The maximum Gasteiger partial charge on any atom is 0.306 e. The van der Waals surface area contributed by atoms with Crippen molar-refractivity contribution in [2.45, 2.75) is 283 Å². The maximum atomic E-state index is 13.1. The van der Waals surface area contributed by atoms with E-state index in [1.165, 1.54) is 141 Å². The van der Waals surface area contributed by atoms with Crippen molar-refractivity contribution in [2.24, 2.45) is 0 Å². The van der Waals surface area contributed by atoms with Crippen LogP contribution in [0.4, 0.5) is 0 Å². The lowest BCUT2D eigenvalue weighted by atomic mass is 10.0. The second kappa shape index (κ2) is 47.1. The Morgan fingerprint density at radius 3 is 1.41 bits per heavy atom. The summed E-state index contributed by atoms with van der Waals surface area (Å²) in [5, 5.41) is 23.7. The van der Waals surface area contributed by atoms with Gasteiger partial charge in [-0.1, -0.05) is 211 Å². The van der Waals surface area contributed by atoms with Crippen molar-refractivity contribution >= 4 is 11.9 Å². The number of carbonyl (C=O) groups excluding carboxylic acids is 2. The van der Waals surface area contributed by atoms with E-state index in [-0.39, 0.29) is 24.9 Å². The van der Waals surface area contributed by atoms with Crippen LogP contribution in [-0.2, 0) is 14.3 Å². The largest absolute Gasteiger partial charge is 0.462 e. The number of aliphatic hydroxyl groups is 2. The maximum absolute atomic E-state index is 13.1. The molecule has 3 unspecified atom stereocenters. The molecule has 59 heavy (non-hydrogen) atoms. The van der Waals surface area contributed by atoms with Gasteiger partial charge in [0.15, 0.2) is 0 Å². The summed E-state index contributed by atoms with van der Waals surface area (Å²) < 4.78 is 5.91. The summed E-state index contributed by atoms with van der Waals surface area (Å²) in [6.07, 6.45) is 55.0. The van der Waals surface area contributed by atoms with Crippen molar-refractivity contribution in [2.75, 3.05) is 6.61 Å². The highest BCUT2D eigenvalue weighted by atomic mass is 16.5. The van der Waals surface area contributed by atoms with Gasteiger partial charge in [0.25, 0.3) is 0 Å². The Kier molecular flexibility index (Phi) is 45.6. The van der Waals surface area contributed by atoms with Crippen molar-refractivity contribution in [1.29, 1.82) is 0 Å². The van der Waals surface area contributed by atoms with Crippen molar-refractivity contribution in [1.82, 2.24) is 5.32 Å². The molecule has 3 N–H and O–H groups in total. The van der Waals surface area contributed by atoms with Gasteiger partial charge in [-0.05, 0) is 77.0 Å². The summed E-state index contributed by atoms with van der Waals surface area (Å²) in [7, 11) is 0. The molecule has 0 aromatic carbocycles. The van der Waals surface area contributed by atoms with Gasteiger partial charge < -0.3 is 20.3 Å². The molecule has 346 valence electrons. The van der Waals surface area contributed by atoms with E-state index in [2.05, 4.69) is 62.5 Å². The zero-order valence-electron chi connectivity index (χ0n) is 39.4. The first-order chi connectivity index (χ1) is 29.0. The number of carbonyl (C=O) groups is 2. The highest BCUT2D eigenvalue weighted by Gasteiger charge is 2.24. The van der Waals surface area contributed by atoms with E-state index in [1.807, 2.05) is 0 Å². The normalized spacial score (nSPS) is 13.5. The molecule has 0 saturated carbocycles. The van der Waals surface area contributed by atoms with Crippen LogP contribution in [0.5, 0.6) is 0 Å². The van der Waals surface area contributed by atoms with Gasteiger partial charge >= 0.3 is 5.97 Å². The SMILES string of the molecule is CCCC/C=C\CCCCCC(CC(=O)NC(CO)C(O)CCCCCCCCCCCCCC)OC(=O)CCCCCCCCCCC/C=C\C/C=C\CCCCC. The number of unbranched alkanes of at least 4 members (excludes halogenated alkanes) is 28. The van der Waals surface area contributed by atoms with Crippen molar-refractivity contribution in [3.05, 3.63) is 36.5 Å². The standard InChI is InChI=1S/C53H99NO5/c1-4-7-10-13-16-19-21-23-24-25-26-27-28-29-31-34-37-40-43-46-53(58)59-49(44-41-38-35-32-18-15-12-9-6-3)47-52(57)54-50(48-55)51(56)45-42-39-36-33-30-22-20-17-14-11-8-5-2/h15-16,18-19,23-24,49-51,55-56H,4-14,17,20-22,25-48H2,1-3H3,(H,54,57)/b18-15-,19-16-,24-23-. The molecule has 0 aromatic rings. The first kappa shape index (κ1) is 57.1. The number of ether oxygens (including phenoxy) is 1. The minimum Gasteiger partial charge on any atom is -0.462 e. The van der Waals surface area contributed by atoms with E-state index < -0.39 is 18.2 Å². The molecule has 0 radical (unpaired) electrons. The van der Waals surface area contributed by atoms with Gasteiger partial charge in [-0.3, -0.25) is 9.59 Å². The predicted molar refractivity (Wildman–Crippen MR) is 255 cm³/mol. The van der Waals surface area contributed by atoms with Crippen LogP contribution in [0.15, 0.2) is 36.5 Å². The molecule has 0 heterocycles. The van der Waals surface area contributed by atoms with Crippen LogP contribution in [0, 0.1) is 0 Å². The van der Waals surface area contributed by atoms with Gasteiger partial charge in [-0.25, -0.2) is 0 Å². The molecule has 6 nitrogen and oxygen atoms in total. The second-order valence-electron chi connectivity index (χ2n) is 17.6. The summed E-state index contributed by atoms with van der Waals surface area (Å²) in [6, 6.07) is -0.703. The number of aliphatic hydroxyl groups excluding tert-OH is 2. The number of hydrogen-bond acceptors (Lipinski definition) is 5. The molecule has 0 aliphatic carbocycles. The van der Waals surface area contributed by atoms with Crippen LogP contribution in [-0.4, -0.2) is 46.9 Å². The average molecular weight is 830 g/mol. The molecule has 0 fully saturated rings. The van der Waals surface area contributed by atoms with E-state index in [0.29, 0.717) is 19.3 Å². The summed E-state index contributed by atoms with van der Waals surface area (Å²) in [5.74, 6) is -0.490. The first-order valence-electron chi connectivity index (χ1n) is 25.7. The molecule has 3 atom stereocenters. The van der Waals surface area contributed by atoms with Crippen LogP contribution >= 0.6 is 0 Å². The number of allylic oxidation sites excluding steroid dienone is 6. The van der Waals surface area contributed by atoms with Gasteiger partial charge in [0.1, 0.15) is 6.10 Å². The average Bonchev–Trinajstić information content (AvgIpc) is 3.23. The molecule has 1 amide bonds. The molecule has 0 aromatic heterocycles. The number of esters is 1. The summed E-state index contributed by atoms with van der Waals surface area (Å²) in [4.78, 5) is 26.1. The number of nitrogens with one attached hydrogen (secondary N) is 1. The van der Waals surface area contributed by atoms with E-state index in [9.17, 15) is 19.8 Å². The first-order valence-corrected chi connectivity index (χ1v) is 25.7. The van der Waals surface area contributed by atoms with Crippen molar-refractivity contribution in [3.8, 4) is 0 Å². The number of amides is 1. The van der Waals surface area contributed by atoms with Gasteiger partial charge in [0.2, 0.25) is 5.91 Å². The highest BCUT2D eigenvalue weighted by Crippen LogP contribution is 2.18. The fraction of sp³-hybridized carbons (Fsp3) is 0.849. The third kappa shape index (κ3) is 42.6. The molecule has 0 saturated heterocycles. The zero-order chi connectivity index (χ0) is 43.1. The Balaban J connectivity index is 4.43. The van der Waals surface area contributed by atoms with E-state index >= 15 is 0 Å². The predicted octanol–water partition coefficient (Wildman–Crippen LogP) is 15.3. The molecular formula is C53H99NO5. The number of hydrogen-bond donors (Lipinski definition) is 3. The second-order valence-corrected chi connectivity index (χ2v) is 17.6. The third-order valence-electron chi connectivity index (χ3n) is 11.7. The fourth-order valence-corrected chi connectivity index (χ4v) is 7.74. The lowest BCUT2D eigenvalue weighted by Gasteiger charge is -2.24. The highest BCUT2D eigenvalue weighted by molar-refractivity contribution is 5.77. The third-order valence-corrected chi connectivity index (χ3v) is 11.7.